The highest BCUT2D eigenvalue weighted by Gasteiger charge is 2.29. The zero-order valence-electron chi connectivity index (χ0n) is 13.0. The van der Waals surface area contributed by atoms with Gasteiger partial charge in [-0.05, 0) is 12.8 Å². The standard InChI is InChI=1S/C14H20O8/c1-19-11(15)9(12(16)20-2)7-5-6-8-10(13(17)21-3)14(18)22-4/h5-6,9-10H,7-8H2,1-4H3/b6-5-. The first-order chi connectivity index (χ1) is 10.4. The van der Waals surface area contributed by atoms with E-state index in [1.54, 1.807) is 0 Å². The van der Waals surface area contributed by atoms with Gasteiger partial charge in [0.1, 0.15) is 0 Å². The number of rotatable bonds is 8. The molecule has 0 saturated carbocycles. The number of carbonyl (C=O) groups is 4. The van der Waals surface area contributed by atoms with Crippen molar-refractivity contribution in [3.63, 3.8) is 0 Å². The number of esters is 4. The third kappa shape index (κ3) is 5.94. The van der Waals surface area contributed by atoms with Crippen LogP contribution in [0.5, 0.6) is 0 Å². The van der Waals surface area contributed by atoms with Gasteiger partial charge >= 0.3 is 23.9 Å². The van der Waals surface area contributed by atoms with Crippen LogP contribution < -0.4 is 0 Å². The van der Waals surface area contributed by atoms with Crippen LogP contribution in [0.15, 0.2) is 12.2 Å². The topological polar surface area (TPSA) is 105 Å². The van der Waals surface area contributed by atoms with Crippen molar-refractivity contribution in [2.45, 2.75) is 12.8 Å². The number of ether oxygens (including phenoxy) is 4. The predicted octanol–water partition coefficient (Wildman–Crippen LogP) is 0.247. The molecule has 0 heterocycles. The van der Waals surface area contributed by atoms with E-state index in [0.717, 1.165) is 28.4 Å². The van der Waals surface area contributed by atoms with Crippen molar-refractivity contribution in [2.75, 3.05) is 28.4 Å². The van der Waals surface area contributed by atoms with Gasteiger partial charge in [-0.2, -0.15) is 0 Å². The van der Waals surface area contributed by atoms with Crippen LogP contribution in [0.4, 0.5) is 0 Å². The molecule has 0 atom stereocenters. The maximum Gasteiger partial charge on any atom is 0.320 e. The highest BCUT2D eigenvalue weighted by Crippen LogP contribution is 2.12. The van der Waals surface area contributed by atoms with Crippen LogP contribution in [0.25, 0.3) is 0 Å². The van der Waals surface area contributed by atoms with E-state index in [0.29, 0.717) is 0 Å². The molecule has 0 fully saturated rings. The number of allylic oxidation sites excluding steroid dienone is 2. The fourth-order valence-corrected chi connectivity index (χ4v) is 1.61. The minimum Gasteiger partial charge on any atom is -0.468 e. The van der Waals surface area contributed by atoms with Crippen molar-refractivity contribution in [1.82, 2.24) is 0 Å². The molecule has 0 amide bonds. The molecular weight excluding hydrogens is 296 g/mol. The van der Waals surface area contributed by atoms with Gasteiger partial charge in [0.05, 0.1) is 28.4 Å². The molecule has 8 nitrogen and oxygen atoms in total. The second kappa shape index (κ2) is 10.4. The van der Waals surface area contributed by atoms with Crippen molar-refractivity contribution in [1.29, 1.82) is 0 Å². The number of methoxy groups -OCH3 is 4. The first-order valence-electron chi connectivity index (χ1n) is 6.39. The molecule has 0 rings (SSSR count). The van der Waals surface area contributed by atoms with Gasteiger partial charge in [-0.3, -0.25) is 19.2 Å². The lowest BCUT2D eigenvalue weighted by molar-refractivity contribution is -0.160. The van der Waals surface area contributed by atoms with Crippen LogP contribution in [-0.4, -0.2) is 52.3 Å². The van der Waals surface area contributed by atoms with Crippen LogP contribution in [-0.2, 0) is 38.1 Å². The monoisotopic (exact) mass is 316 g/mol. The van der Waals surface area contributed by atoms with E-state index in [9.17, 15) is 19.2 Å². The highest BCUT2D eigenvalue weighted by atomic mass is 16.5. The average Bonchev–Trinajstić information content (AvgIpc) is 2.55. The molecule has 8 heteroatoms. The molecule has 0 saturated heterocycles. The van der Waals surface area contributed by atoms with Gasteiger partial charge in [0.2, 0.25) is 0 Å². The normalized spacial score (nSPS) is 10.6. The zero-order chi connectivity index (χ0) is 17.1. The Hall–Kier alpha value is -2.38. The molecule has 0 aliphatic carbocycles. The molecule has 0 aromatic carbocycles. The quantitative estimate of drug-likeness (QED) is 0.271. The van der Waals surface area contributed by atoms with Gasteiger partial charge in [0.25, 0.3) is 0 Å². The summed E-state index contributed by atoms with van der Waals surface area (Å²) in [5.41, 5.74) is 0. The summed E-state index contributed by atoms with van der Waals surface area (Å²) in [7, 11) is 4.64. The van der Waals surface area contributed by atoms with E-state index in [-0.39, 0.29) is 12.8 Å². The van der Waals surface area contributed by atoms with E-state index in [1.165, 1.54) is 12.2 Å². The molecule has 22 heavy (non-hydrogen) atoms. The van der Waals surface area contributed by atoms with Crippen molar-refractivity contribution in [3.8, 4) is 0 Å². The fourth-order valence-electron chi connectivity index (χ4n) is 1.61. The zero-order valence-corrected chi connectivity index (χ0v) is 13.0. The minimum atomic E-state index is -1.10. The maximum atomic E-state index is 11.4. The average molecular weight is 316 g/mol. The molecule has 0 aromatic rings. The Morgan fingerprint density at radius 1 is 0.636 bits per heavy atom. The Balaban J connectivity index is 4.74. The Bertz CT molecular complexity index is 368. The van der Waals surface area contributed by atoms with E-state index in [2.05, 4.69) is 18.9 Å². The van der Waals surface area contributed by atoms with Gasteiger partial charge in [0.15, 0.2) is 11.8 Å². The van der Waals surface area contributed by atoms with Crippen molar-refractivity contribution >= 4 is 23.9 Å². The van der Waals surface area contributed by atoms with Crippen LogP contribution in [0, 0.1) is 11.8 Å². The fraction of sp³-hybridized carbons (Fsp3) is 0.571. The second-order valence-corrected chi connectivity index (χ2v) is 4.14. The van der Waals surface area contributed by atoms with E-state index < -0.39 is 35.7 Å². The van der Waals surface area contributed by atoms with E-state index in [4.69, 9.17) is 0 Å². The summed E-state index contributed by atoms with van der Waals surface area (Å²) in [6, 6.07) is 0. The summed E-state index contributed by atoms with van der Waals surface area (Å²) in [5, 5.41) is 0. The Morgan fingerprint density at radius 3 is 1.05 bits per heavy atom. The van der Waals surface area contributed by atoms with Crippen LogP contribution >= 0.6 is 0 Å². The summed E-state index contributed by atoms with van der Waals surface area (Å²) in [6.07, 6.45) is 3.01. The first kappa shape index (κ1) is 19.6. The highest BCUT2D eigenvalue weighted by molar-refractivity contribution is 5.95. The molecule has 0 unspecified atom stereocenters. The lowest BCUT2D eigenvalue weighted by Gasteiger charge is -2.11. The Labute approximate surface area is 128 Å². The minimum absolute atomic E-state index is 0.0222. The second-order valence-electron chi connectivity index (χ2n) is 4.14. The largest absolute Gasteiger partial charge is 0.468 e. The number of carbonyl (C=O) groups excluding carboxylic acids is 4. The van der Waals surface area contributed by atoms with Gasteiger partial charge in [0, 0.05) is 0 Å². The van der Waals surface area contributed by atoms with E-state index >= 15 is 0 Å². The van der Waals surface area contributed by atoms with Crippen LogP contribution in [0.2, 0.25) is 0 Å². The lowest BCUT2D eigenvalue weighted by atomic mass is 10.0. The number of hydrogen-bond donors (Lipinski definition) is 0. The summed E-state index contributed by atoms with van der Waals surface area (Å²) >= 11 is 0. The third-order valence-corrected chi connectivity index (χ3v) is 2.85. The van der Waals surface area contributed by atoms with Gasteiger partial charge in [-0.1, -0.05) is 12.2 Å². The van der Waals surface area contributed by atoms with Crippen molar-refractivity contribution in [3.05, 3.63) is 12.2 Å². The lowest BCUT2D eigenvalue weighted by Crippen LogP contribution is -2.26. The van der Waals surface area contributed by atoms with Crippen LogP contribution in [0.1, 0.15) is 12.8 Å². The molecule has 0 aliphatic rings. The van der Waals surface area contributed by atoms with Crippen molar-refractivity contribution in [2.24, 2.45) is 11.8 Å². The van der Waals surface area contributed by atoms with E-state index in [1.807, 2.05) is 0 Å². The van der Waals surface area contributed by atoms with Crippen LogP contribution in [0.3, 0.4) is 0 Å². The molecular formula is C14H20O8. The summed E-state index contributed by atoms with van der Waals surface area (Å²) in [5.74, 6) is -5.10. The van der Waals surface area contributed by atoms with Gasteiger partial charge < -0.3 is 18.9 Å². The van der Waals surface area contributed by atoms with Gasteiger partial charge in [-0.15, -0.1) is 0 Å². The molecule has 0 aromatic heterocycles. The molecule has 124 valence electrons. The predicted molar refractivity (Wildman–Crippen MR) is 73.4 cm³/mol. The molecule has 0 radical (unpaired) electrons. The molecule has 0 N–H and O–H groups in total. The summed E-state index contributed by atoms with van der Waals surface area (Å²) < 4.78 is 18.0. The Kier molecular flexibility index (Phi) is 9.24. The SMILES string of the molecule is COC(=O)C(C/C=C\CC(C(=O)OC)C(=O)OC)C(=O)OC. The molecule has 0 aliphatic heterocycles. The maximum absolute atomic E-state index is 11.4. The third-order valence-electron chi connectivity index (χ3n) is 2.85. The van der Waals surface area contributed by atoms with Gasteiger partial charge in [-0.25, -0.2) is 0 Å². The summed E-state index contributed by atoms with van der Waals surface area (Å²) in [6.45, 7) is 0. The first-order valence-corrected chi connectivity index (χ1v) is 6.39. The summed E-state index contributed by atoms with van der Waals surface area (Å²) in [4.78, 5) is 45.8. The molecule has 0 bridgehead atoms. The molecule has 0 spiro atoms. The van der Waals surface area contributed by atoms with Crippen molar-refractivity contribution < 1.29 is 38.1 Å². The Morgan fingerprint density at radius 2 is 0.864 bits per heavy atom. The number of hydrogen-bond acceptors (Lipinski definition) is 8. The smallest absolute Gasteiger partial charge is 0.320 e.